The third-order valence-corrected chi connectivity index (χ3v) is 7.64. The molecule has 1 amide bonds. The van der Waals surface area contributed by atoms with Crippen LogP contribution in [0.3, 0.4) is 0 Å². The smallest absolute Gasteiger partial charge is 0.255 e. The molecule has 0 aliphatic heterocycles. The molecule has 0 saturated carbocycles. The van der Waals surface area contributed by atoms with E-state index < -0.39 is 0 Å². The minimum Gasteiger partial charge on any atom is -0.502 e. The van der Waals surface area contributed by atoms with Gasteiger partial charge in [0.2, 0.25) is 5.75 Å². The molecule has 5 rings (SSSR count). The van der Waals surface area contributed by atoms with Crippen LogP contribution in [0.1, 0.15) is 38.2 Å². The zero-order valence-electron chi connectivity index (χ0n) is 25.5. The van der Waals surface area contributed by atoms with Gasteiger partial charge in [-0.25, -0.2) is 0 Å². The highest BCUT2D eigenvalue weighted by atomic mass is 32.1. The molecular formula is C35H35N5O4S. The van der Waals surface area contributed by atoms with Crippen molar-refractivity contribution in [1.29, 1.82) is 0 Å². The maximum absolute atomic E-state index is 12.9. The SMILES string of the molecule is COc1cc(/C=C/Cc2cc(C)cc(C)c2NCc2ccc(C(=O)Nc3ccc(-n4cn[nH]c4=S)cc3)cc2)cc(OC)c1O. The van der Waals surface area contributed by atoms with Crippen LogP contribution in [-0.2, 0) is 13.0 Å². The second-order valence-corrected chi connectivity index (χ2v) is 11.0. The number of aryl methyl sites for hydroxylation is 2. The van der Waals surface area contributed by atoms with Crippen LogP contribution in [0.5, 0.6) is 17.2 Å². The monoisotopic (exact) mass is 621 g/mol. The van der Waals surface area contributed by atoms with E-state index in [0.29, 0.717) is 40.5 Å². The molecule has 45 heavy (non-hydrogen) atoms. The number of benzene rings is 4. The van der Waals surface area contributed by atoms with Crippen molar-refractivity contribution < 1.29 is 19.4 Å². The van der Waals surface area contributed by atoms with Gasteiger partial charge in [-0.2, -0.15) is 5.10 Å². The Morgan fingerprint density at radius 1 is 1.00 bits per heavy atom. The van der Waals surface area contributed by atoms with Gasteiger partial charge in [0.05, 0.1) is 14.2 Å². The van der Waals surface area contributed by atoms with Crippen molar-refractivity contribution in [3.63, 3.8) is 0 Å². The van der Waals surface area contributed by atoms with E-state index in [0.717, 1.165) is 28.1 Å². The van der Waals surface area contributed by atoms with Crippen molar-refractivity contribution in [1.82, 2.24) is 14.8 Å². The van der Waals surface area contributed by atoms with Gasteiger partial charge in [-0.05, 0) is 103 Å². The number of nitrogens with one attached hydrogen (secondary N) is 3. The zero-order valence-corrected chi connectivity index (χ0v) is 26.4. The average Bonchev–Trinajstić information content (AvgIpc) is 3.47. The molecule has 0 radical (unpaired) electrons. The van der Waals surface area contributed by atoms with Crippen LogP contribution < -0.4 is 20.1 Å². The molecule has 0 saturated heterocycles. The van der Waals surface area contributed by atoms with Gasteiger partial charge in [-0.3, -0.25) is 14.5 Å². The molecule has 4 N–H and O–H groups in total. The lowest BCUT2D eigenvalue weighted by molar-refractivity contribution is 0.102. The Hall–Kier alpha value is -5.35. The van der Waals surface area contributed by atoms with E-state index in [9.17, 15) is 9.90 Å². The molecule has 0 atom stereocenters. The second-order valence-electron chi connectivity index (χ2n) is 10.6. The van der Waals surface area contributed by atoms with Gasteiger partial charge in [0.15, 0.2) is 16.3 Å². The molecule has 1 heterocycles. The molecule has 4 aromatic carbocycles. The molecule has 0 unspecified atom stereocenters. The van der Waals surface area contributed by atoms with E-state index in [1.54, 1.807) is 23.0 Å². The number of carbonyl (C=O) groups is 1. The van der Waals surface area contributed by atoms with E-state index in [2.05, 4.69) is 52.9 Å². The normalized spacial score (nSPS) is 11.0. The first-order chi connectivity index (χ1) is 21.7. The summed E-state index contributed by atoms with van der Waals surface area (Å²) < 4.78 is 12.8. The Morgan fingerprint density at radius 3 is 2.31 bits per heavy atom. The van der Waals surface area contributed by atoms with Crippen molar-refractivity contribution in [2.45, 2.75) is 26.8 Å². The Bertz CT molecular complexity index is 1870. The van der Waals surface area contributed by atoms with Crippen LogP contribution in [0.2, 0.25) is 0 Å². The van der Waals surface area contributed by atoms with Gasteiger partial charge in [-0.1, -0.05) is 42.0 Å². The van der Waals surface area contributed by atoms with Crippen LogP contribution in [0.15, 0.2) is 85.2 Å². The third kappa shape index (κ3) is 7.42. The average molecular weight is 622 g/mol. The molecule has 230 valence electrons. The Balaban J connectivity index is 1.22. The number of anilines is 2. The number of amides is 1. The molecule has 0 fully saturated rings. The third-order valence-electron chi connectivity index (χ3n) is 7.35. The highest BCUT2D eigenvalue weighted by Crippen LogP contribution is 2.37. The lowest BCUT2D eigenvalue weighted by Crippen LogP contribution is -2.12. The number of allylic oxidation sites excluding steroid dienone is 1. The summed E-state index contributed by atoms with van der Waals surface area (Å²) in [5.41, 5.74) is 8.60. The van der Waals surface area contributed by atoms with Crippen LogP contribution in [0.25, 0.3) is 11.8 Å². The van der Waals surface area contributed by atoms with Crippen LogP contribution in [-0.4, -0.2) is 40.0 Å². The maximum Gasteiger partial charge on any atom is 0.255 e. The summed E-state index contributed by atoms with van der Waals surface area (Å²) >= 11 is 5.21. The predicted octanol–water partition coefficient (Wildman–Crippen LogP) is 7.39. The number of aromatic amines is 1. The van der Waals surface area contributed by atoms with Crippen LogP contribution >= 0.6 is 12.2 Å². The first kappa shape index (κ1) is 31.1. The van der Waals surface area contributed by atoms with Gasteiger partial charge < -0.3 is 25.2 Å². The van der Waals surface area contributed by atoms with E-state index >= 15 is 0 Å². The van der Waals surface area contributed by atoms with E-state index in [1.165, 1.54) is 25.3 Å². The van der Waals surface area contributed by atoms with Gasteiger partial charge >= 0.3 is 0 Å². The molecular weight excluding hydrogens is 586 g/mol. The van der Waals surface area contributed by atoms with Crippen molar-refractivity contribution in [3.8, 4) is 22.9 Å². The topological polar surface area (TPSA) is 113 Å². The summed E-state index contributed by atoms with van der Waals surface area (Å²) in [5.74, 6) is 0.512. The Labute approximate surface area is 267 Å². The lowest BCUT2D eigenvalue weighted by Gasteiger charge is -2.16. The molecule has 0 aliphatic rings. The number of aromatic hydroxyl groups is 1. The number of aromatic nitrogens is 3. The molecule has 0 bridgehead atoms. The Morgan fingerprint density at radius 2 is 1.69 bits per heavy atom. The standard InChI is InChI=1S/C35H35N5O4S/c1-22-16-23(2)32(27(17-22)7-5-6-25-18-30(43-3)33(41)31(19-25)44-4)36-20-24-8-10-26(11-9-24)34(42)38-28-12-14-29(15-13-28)40-21-37-39-35(40)45/h5-6,8-19,21,36,41H,7,20H2,1-4H3,(H,38,42)(H,39,45)/b6-5+. The summed E-state index contributed by atoms with van der Waals surface area (Å²) in [6.45, 7) is 4.79. The number of hydrogen-bond donors (Lipinski definition) is 4. The number of H-pyrrole nitrogens is 1. The highest BCUT2D eigenvalue weighted by molar-refractivity contribution is 7.71. The quantitative estimate of drug-likeness (QED) is 0.114. The van der Waals surface area contributed by atoms with Crippen molar-refractivity contribution in [2.24, 2.45) is 0 Å². The minimum absolute atomic E-state index is 0.0191. The van der Waals surface area contributed by atoms with Crippen LogP contribution in [0.4, 0.5) is 11.4 Å². The summed E-state index contributed by atoms with van der Waals surface area (Å²) in [4.78, 5) is 12.9. The van der Waals surface area contributed by atoms with Gasteiger partial charge in [0.25, 0.3) is 5.91 Å². The number of carbonyl (C=O) groups excluding carboxylic acids is 1. The zero-order chi connectivity index (χ0) is 31.9. The second kappa shape index (κ2) is 14.0. The summed E-state index contributed by atoms with van der Waals surface area (Å²) in [7, 11) is 3.03. The van der Waals surface area contributed by atoms with E-state index in [-0.39, 0.29) is 11.7 Å². The largest absolute Gasteiger partial charge is 0.502 e. The fraction of sp³-hybridized carbons (Fsp3) is 0.171. The number of ether oxygens (including phenoxy) is 2. The number of phenols is 1. The molecule has 5 aromatic rings. The van der Waals surface area contributed by atoms with Crippen LogP contribution in [0, 0.1) is 18.6 Å². The fourth-order valence-corrected chi connectivity index (χ4v) is 5.31. The maximum atomic E-state index is 12.9. The van der Waals surface area contributed by atoms with E-state index in [1.807, 2.05) is 54.6 Å². The minimum atomic E-state index is -0.186. The molecule has 10 heteroatoms. The number of methoxy groups -OCH3 is 2. The Kier molecular flexibility index (Phi) is 9.64. The van der Waals surface area contributed by atoms with Crippen molar-refractivity contribution in [3.05, 3.63) is 123 Å². The number of hydrogen-bond acceptors (Lipinski definition) is 7. The lowest BCUT2D eigenvalue weighted by atomic mass is 10.0. The summed E-state index contributed by atoms with van der Waals surface area (Å²) in [5, 5.41) is 23.4. The molecule has 0 aliphatic carbocycles. The van der Waals surface area contributed by atoms with Gasteiger partial charge in [0.1, 0.15) is 6.33 Å². The first-order valence-electron chi connectivity index (χ1n) is 14.3. The van der Waals surface area contributed by atoms with Gasteiger partial charge in [0, 0.05) is 29.2 Å². The number of rotatable bonds is 11. The first-order valence-corrected chi connectivity index (χ1v) is 14.7. The predicted molar refractivity (Wildman–Crippen MR) is 180 cm³/mol. The summed E-state index contributed by atoms with van der Waals surface area (Å²) in [6.07, 6.45) is 6.38. The number of nitrogens with zero attached hydrogens (tertiary/aromatic N) is 2. The van der Waals surface area contributed by atoms with E-state index in [4.69, 9.17) is 21.7 Å². The number of phenolic OH excluding ortho intramolecular Hbond substituents is 1. The summed E-state index contributed by atoms with van der Waals surface area (Å²) in [6, 6.07) is 22.9. The molecule has 0 spiro atoms. The van der Waals surface area contributed by atoms with Crippen molar-refractivity contribution >= 4 is 35.6 Å². The molecule has 1 aromatic heterocycles. The van der Waals surface area contributed by atoms with Crippen molar-refractivity contribution in [2.75, 3.05) is 24.9 Å². The molecule has 9 nitrogen and oxygen atoms in total. The highest BCUT2D eigenvalue weighted by Gasteiger charge is 2.11. The van der Waals surface area contributed by atoms with Gasteiger partial charge in [-0.15, -0.1) is 0 Å². The fourth-order valence-electron chi connectivity index (χ4n) is 5.11.